The molecule has 0 saturated carbocycles. The Kier molecular flexibility index (Phi) is 17.1. The number of amides is 6. The fraction of sp³-hybridized carbons (Fsp3) is 0.378. The number of aliphatic carboxylic acids is 2. The number of carboxylic acids is 2. The van der Waals surface area contributed by atoms with Crippen LogP contribution >= 0.6 is 0 Å². The van der Waals surface area contributed by atoms with Crippen molar-refractivity contribution in [3.63, 3.8) is 0 Å². The van der Waals surface area contributed by atoms with Gasteiger partial charge in [0.1, 0.15) is 36.3 Å². The molecule has 65 heavy (non-hydrogen) atoms. The number of carbonyl (C=O) groups is 8. The van der Waals surface area contributed by atoms with Gasteiger partial charge in [-0.2, -0.15) is 0 Å². The number of nitrogens with one attached hydrogen (secondary N) is 11. The fourth-order valence-electron chi connectivity index (χ4n) is 6.24. The van der Waals surface area contributed by atoms with Gasteiger partial charge in [-0.25, -0.2) is 29.7 Å². The van der Waals surface area contributed by atoms with E-state index in [4.69, 9.17) is 5.73 Å². The quantitative estimate of drug-likeness (QED) is 0.0246. The molecule has 0 fully saturated rings. The van der Waals surface area contributed by atoms with Crippen LogP contribution in [-0.2, 0) is 70.5 Å². The lowest BCUT2D eigenvalue weighted by atomic mass is 10.1. The second-order valence-corrected chi connectivity index (χ2v) is 14.5. The van der Waals surface area contributed by atoms with Crippen LogP contribution in [0.3, 0.4) is 0 Å². The van der Waals surface area contributed by atoms with Crippen LogP contribution in [-0.4, -0.2) is 161 Å². The minimum atomic E-state index is -1.75. The van der Waals surface area contributed by atoms with Crippen molar-refractivity contribution in [1.29, 1.82) is 0 Å². The third kappa shape index (κ3) is 14.7. The molecule has 5 aromatic heterocycles. The first-order chi connectivity index (χ1) is 31.2. The summed E-state index contributed by atoms with van der Waals surface area (Å²) >= 11 is 0. The van der Waals surface area contributed by atoms with Gasteiger partial charge in [0.25, 0.3) is 0 Å². The van der Waals surface area contributed by atoms with E-state index in [2.05, 4.69) is 81.7 Å². The number of carboxylic acid groups (broad SMARTS) is 2. The van der Waals surface area contributed by atoms with E-state index in [9.17, 15) is 53.7 Å². The molecule has 346 valence electrons. The van der Waals surface area contributed by atoms with E-state index in [0.29, 0.717) is 28.5 Å². The topological polar surface area (TPSA) is 439 Å². The number of nitrogens with zero attached hydrogens (tertiary/aromatic N) is 5. The highest BCUT2D eigenvalue weighted by Crippen LogP contribution is 2.08. The van der Waals surface area contributed by atoms with E-state index < -0.39 is 103 Å². The molecule has 0 aliphatic carbocycles. The van der Waals surface area contributed by atoms with E-state index in [1.807, 2.05) is 0 Å². The second kappa shape index (κ2) is 23.3. The van der Waals surface area contributed by atoms with E-state index >= 15 is 0 Å². The molecule has 0 aliphatic heterocycles. The summed E-state index contributed by atoms with van der Waals surface area (Å²) in [4.78, 5) is 139. The van der Waals surface area contributed by atoms with Crippen LogP contribution in [0.2, 0.25) is 0 Å². The Morgan fingerprint density at radius 3 is 1.06 bits per heavy atom. The van der Waals surface area contributed by atoms with Gasteiger partial charge in [-0.15, -0.1) is 0 Å². The number of nitrogens with two attached hydrogens (primary N) is 1. The van der Waals surface area contributed by atoms with E-state index in [1.165, 1.54) is 62.6 Å². The molecule has 0 bridgehead atoms. The summed E-state index contributed by atoms with van der Waals surface area (Å²) in [7, 11) is 0. The van der Waals surface area contributed by atoms with Crippen molar-refractivity contribution in [2.75, 3.05) is 6.61 Å². The molecule has 16 N–H and O–H groups in total. The molecule has 0 saturated heterocycles. The number of aliphatic hydroxyl groups is 1. The van der Waals surface area contributed by atoms with Crippen LogP contribution in [0.15, 0.2) is 62.6 Å². The maximum absolute atomic E-state index is 14.1. The molecule has 5 rings (SSSR count). The Hall–Kier alpha value is -8.27. The van der Waals surface area contributed by atoms with Gasteiger partial charge >= 0.3 is 11.9 Å². The molecular weight excluding hydrogens is 859 g/mol. The predicted octanol–water partition coefficient (Wildman–Crippen LogP) is -5.40. The molecule has 5 aromatic rings. The predicted molar refractivity (Wildman–Crippen MR) is 218 cm³/mol. The van der Waals surface area contributed by atoms with Crippen LogP contribution in [0, 0.1) is 0 Å². The molecule has 28 heteroatoms. The zero-order chi connectivity index (χ0) is 46.9. The second-order valence-electron chi connectivity index (χ2n) is 14.5. The van der Waals surface area contributed by atoms with Gasteiger partial charge in [-0.3, -0.25) is 33.6 Å². The SMILES string of the molecule is N[C@@H](Cc1cnc[nH]1)C(=O)N[C@@H](CC(=O)O)C(=O)N[C@@H](Cc1cnc[nH]1)C(=O)N[C@@H](Cc1cnc[nH]1)C(=O)N[C@@H](CO)C(=O)N[C@@H](Cc1cnc[nH]1)C(=O)N[C@@H](Cc1cnc[nH]1)C(=O)O. The molecule has 28 nitrogen and oxygen atoms in total. The minimum Gasteiger partial charge on any atom is -0.481 e. The zero-order valence-electron chi connectivity index (χ0n) is 34.2. The highest BCUT2D eigenvalue weighted by Gasteiger charge is 2.35. The van der Waals surface area contributed by atoms with Crippen LogP contribution < -0.4 is 37.6 Å². The van der Waals surface area contributed by atoms with Gasteiger partial charge in [-0.05, 0) is 0 Å². The maximum Gasteiger partial charge on any atom is 0.326 e. The first kappa shape index (κ1) is 47.8. The third-order valence-corrected chi connectivity index (χ3v) is 9.59. The lowest BCUT2D eigenvalue weighted by Gasteiger charge is -2.27. The number of aromatic nitrogens is 10. The van der Waals surface area contributed by atoms with Gasteiger partial charge in [0.2, 0.25) is 35.4 Å². The summed E-state index contributed by atoms with van der Waals surface area (Å²) < 4.78 is 0. The number of imidazole rings is 5. The van der Waals surface area contributed by atoms with E-state index in [-0.39, 0.29) is 32.1 Å². The van der Waals surface area contributed by atoms with Crippen LogP contribution in [0.5, 0.6) is 0 Å². The largest absolute Gasteiger partial charge is 0.481 e. The number of hydrogen-bond donors (Lipinski definition) is 15. The monoisotopic (exact) mass is 905 g/mol. The van der Waals surface area contributed by atoms with Gasteiger partial charge in [-0.1, -0.05) is 0 Å². The Balaban J connectivity index is 1.31. The lowest BCUT2D eigenvalue weighted by molar-refractivity contribution is -0.142. The molecule has 0 aromatic carbocycles. The van der Waals surface area contributed by atoms with E-state index in [1.54, 1.807) is 0 Å². The van der Waals surface area contributed by atoms with Crippen LogP contribution in [0.25, 0.3) is 0 Å². The molecule has 0 radical (unpaired) electrons. The molecule has 6 amide bonds. The molecule has 0 unspecified atom stereocenters. The van der Waals surface area contributed by atoms with Gasteiger partial charge in [0.05, 0.1) is 50.7 Å². The van der Waals surface area contributed by atoms with Crippen molar-refractivity contribution in [3.05, 3.63) is 91.1 Å². The zero-order valence-corrected chi connectivity index (χ0v) is 34.2. The van der Waals surface area contributed by atoms with Crippen molar-refractivity contribution in [3.8, 4) is 0 Å². The molecule has 5 heterocycles. The van der Waals surface area contributed by atoms with Crippen molar-refractivity contribution < 1.29 is 53.7 Å². The average molecular weight is 906 g/mol. The Morgan fingerprint density at radius 2 is 0.738 bits per heavy atom. The van der Waals surface area contributed by atoms with Crippen LogP contribution in [0.4, 0.5) is 0 Å². The highest BCUT2D eigenvalue weighted by atomic mass is 16.4. The lowest BCUT2D eigenvalue weighted by Crippen LogP contribution is -2.61. The Morgan fingerprint density at radius 1 is 0.446 bits per heavy atom. The summed E-state index contributed by atoms with van der Waals surface area (Å²) in [6.45, 7) is -1.01. The Bertz CT molecular complexity index is 2320. The molecule has 0 spiro atoms. The van der Waals surface area contributed by atoms with Gasteiger partial charge in [0, 0.05) is 91.6 Å². The smallest absolute Gasteiger partial charge is 0.326 e. The minimum absolute atomic E-state index is 0.0295. The average Bonchev–Trinajstić information content (AvgIpc) is 4.13. The Labute approximate surface area is 366 Å². The van der Waals surface area contributed by atoms with Gasteiger partial charge in [0.15, 0.2) is 0 Å². The highest BCUT2D eigenvalue weighted by molar-refractivity contribution is 5.98. The van der Waals surface area contributed by atoms with Crippen LogP contribution in [0.1, 0.15) is 34.9 Å². The fourth-order valence-corrected chi connectivity index (χ4v) is 6.24. The van der Waals surface area contributed by atoms with Crippen molar-refractivity contribution >= 4 is 47.4 Å². The summed E-state index contributed by atoms with van der Waals surface area (Å²) in [5.41, 5.74) is 7.89. The van der Waals surface area contributed by atoms with E-state index in [0.717, 1.165) is 0 Å². The van der Waals surface area contributed by atoms with Crippen molar-refractivity contribution in [1.82, 2.24) is 81.7 Å². The summed E-state index contributed by atoms with van der Waals surface area (Å²) in [6, 6.07) is -10.7. The number of H-pyrrole nitrogens is 5. The normalized spacial score (nSPS) is 14.3. The maximum atomic E-state index is 14.1. The first-order valence-corrected chi connectivity index (χ1v) is 19.7. The van der Waals surface area contributed by atoms with Gasteiger partial charge < -0.3 is 77.9 Å². The number of carbonyl (C=O) groups excluding carboxylic acids is 6. The van der Waals surface area contributed by atoms with Crippen molar-refractivity contribution in [2.45, 2.75) is 80.8 Å². The third-order valence-electron chi connectivity index (χ3n) is 9.59. The molecule has 7 atom stereocenters. The number of aliphatic hydroxyl groups excluding tert-OH is 1. The number of hydrogen-bond acceptors (Lipinski definition) is 15. The first-order valence-electron chi connectivity index (χ1n) is 19.7. The number of aromatic amines is 5. The molecular formula is C37H47N17O11. The summed E-state index contributed by atoms with van der Waals surface area (Å²) in [5.74, 6) is -8.85. The standard InChI is InChI=1S/C37H47N17O11/c38-23(1-18-7-39-13-44-18)31(58)49-27(6-30(56)57)35(62)51-24(2-19-8-40-14-45-19)32(59)50-26(4-21-10-42-16-47-21)34(61)54-29(12-55)36(63)52-25(3-20-9-41-15-46-20)33(60)53-28(37(64)65)5-22-11-43-17-48-22/h7-11,13-17,23-29,55H,1-6,12,38H2,(H,39,44)(H,40,45)(H,41,46)(H,42,47)(H,43,48)(H,49,58)(H,50,59)(H,51,62)(H,52,63)(H,53,60)(H,54,61)(H,56,57)(H,64,65)/t23-,24-,25-,26-,27-,28-,29-/m0/s1. The summed E-state index contributed by atoms with van der Waals surface area (Å²) in [6.07, 6.45) is 11.6. The number of rotatable bonds is 26. The van der Waals surface area contributed by atoms with Crippen molar-refractivity contribution in [2.24, 2.45) is 5.73 Å². The summed E-state index contributed by atoms with van der Waals surface area (Å²) in [5, 5.41) is 44.1. The molecule has 0 aliphatic rings.